The predicted octanol–water partition coefficient (Wildman–Crippen LogP) is 2.67. The zero-order valence-electron chi connectivity index (χ0n) is 14.5. The average molecular weight is 352 g/mol. The summed E-state index contributed by atoms with van der Waals surface area (Å²) in [5.41, 5.74) is 1.40. The number of anilines is 1. The van der Waals surface area contributed by atoms with Crippen molar-refractivity contribution in [1.82, 2.24) is 10.3 Å². The van der Waals surface area contributed by atoms with E-state index < -0.39 is 0 Å². The van der Waals surface area contributed by atoms with Crippen LogP contribution in [0.1, 0.15) is 24.0 Å². The molecule has 1 aromatic heterocycles. The van der Waals surface area contributed by atoms with Crippen LogP contribution in [0.15, 0.2) is 42.6 Å². The Morgan fingerprint density at radius 1 is 1.27 bits per heavy atom. The number of carbonyl (C=O) groups excluding carboxylic acids is 1. The van der Waals surface area contributed by atoms with Gasteiger partial charge in [-0.2, -0.15) is 5.26 Å². The lowest BCUT2D eigenvalue weighted by atomic mass is 9.96. The lowest BCUT2D eigenvalue weighted by Crippen LogP contribution is -2.39. The monoisotopic (exact) mass is 352 g/mol. The lowest BCUT2D eigenvalue weighted by Gasteiger charge is -2.33. The van der Waals surface area contributed by atoms with Crippen LogP contribution in [-0.2, 0) is 11.2 Å². The van der Waals surface area contributed by atoms with Crippen LogP contribution in [0.3, 0.4) is 0 Å². The van der Waals surface area contributed by atoms with E-state index in [4.69, 9.17) is 0 Å². The molecule has 1 aliphatic rings. The van der Waals surface area contributed by atoms with Gasteiger partial charge in [0.15, 0.2) is 0 Å². The number of hydrogen-bond donors (Lipinski definition) is 1. The highest BCUT2D eigenvalue weighted by molar-refractivity contribution is 5.78. The van der Waals surface area contributed by atoms with Gasteiger partial charge in [0, 0.05) is 25.8 Å². The Hall–Kier alpha value is -2.94. The molecule has 134 valence electrons. The highest BCUT2D eigenvalue weighted by Gasteiger charge is 2.22. The second kappa shape index (κ2) is 8.43. The summed E-state index contributed by atoms with van der Waals surface area (Å²) in [6, 6.07) is 11.7. The molecule has 0 atom stereocenters. The number of amides is 1. The highest BCUT2D eigenvalue weighted by Crippen LogP contribution is 2.23. The quantitative estimate of drug-likeness (QED) is 0.898. The average Bonchev–Trinajstić information content (AvgIpc) is 2.68. The first-order valence-corrected chi connectivity index (χ1v) is 8.77. The molecule has 0 unspecified atom stereocenters. The molecule has 0 bridgehead atoms. The Labute approximate surface area is 152 Å². The van der Waals surface area contributed by atoms with E-state index in [0.717, 1.165) is 37.3 Å². The van der Waals surface area contributed by atoms with Gasteiger partial charge in [-0.1, -0.05) is 12.1 Å². The second-order valence-corrected chi connectivity index (χ2v) is 6.52. The second-order valence-electron chi connectivity index (χ2n) is 6.52. The molecule has 1 aromatic carbocycles. The number of piperidine rings is 1. The molecule has 1 fully saturated rings. The third-order valence-electron chi connectivity index (χ3n) is 4.69. The Morgan fingerprint density at radius 2 is 2.00 bits per heavy atom. The van der Waals surface area contributed by atoms with Crippen molar-refractivity contribution >= 4 is 11.7 Å². The molecule has 2 heterocycles. The number of benzene rings is 1. The summed E-state index contributed by atoms with van der Waals surface area (Å²) in [4.78, 5) is 18.5. The first kappa shape index (κ1) is 17.9. The Balaban J connectivity index is 1.45. The van der Waals surface area contributed by atoms with E-state index >= 15 is 0 Å². The minimum Gasteiger partial charge on any atom is -0.356 e. The van der Waals surface area contributed by atoms with Gasteiger partial charge in [-0.3, -0.25) is 4.79 Å². The maximum Gasteiger partial charge on any atom is 0.224 e. The third-order valence-corrected chi connectivity index (χ3v) is 4.69. The van der Waals surface area contributed by atoms with Gasteiger partial charge in [-0.05, 0) is 48.6 Å². The molecule has 2 aromatic rings. The van der Waals surface area contributed by atoms with Crippen molar-refractivity contribution in [3.8, 4) is 6.07 Å². The minimum absolute atomic E-state index is 0.0458. The first-order valence-electron chi connectivity index (χ1n) is 8.77. The smallest absolute Gasteiger partial charge is 0.224 e. The maximum absolute atomic E-state index is 12.9. The zero-order valence-corrected chi connectivity index (χ0v) is 14.5. The fourth-order valence-corrected chi connectivity index (χ4v) is 3.19. The number of rotatable bonds is 5. The van der Waals surface area contributed by atoms with Crippen molar-refractivity contribution in [2.75, 3.05) is 24.5 Å². The molecule has 5 nitrogen and oxygen atoms in total. The summed E-state index contributed by atoms with van der Waals surface area (Å²) in [5, 5.41) is 12.2. The molecule has 1 aliphatic heterocycles. The van der Waals surface area contributed by atoms with E-state index in [9.17, 15) is 14.4 Å². The number of nitriles is 1. The fraction of sp³-hybridized carbons (Fsp3) is 0.350. The van der Waals surface area contributed by atoms with Gasteiger partial charge in [0.25, 0.3) is 0 Å². The third kappa shape index (κ3) is 4.57. The van der Waals surface area contributed by atoms with Crippen LogP contribution >= 0.6 is 0 Å². The minimum atomic E-state index is -0.298. The molecule has 6 heteroatoms. The summed E-state index contributed by atoms with van der Waals surface area (Å²) in [6.07, 6.45) is 3.85. The van der Waals surface area contributed by atoms with Gasteiger partial charge >= 0.3 is 0 Å². The van der Waals surface area contributed by atoms with Gasteiger partial charge in [0.05, 0.1) is 12.0 Å². The summed E-state index contributed by atoms with van der Waals surface area (Å²) < 4.78 is 12.9. The number of aromatic nitrogens is 1. The molecule has 1 saturated heterocycles. The van der Waals surface area contributed by atoms with Crippen LogP contribution < -0.4 is 10.2 Å². The molecule has 3 rings (SSSR count). The Kier molecular flexibility index (Phi) is 5.80. The van der Waals surface area contributed by atoms with Crippen molar-refractivity contribution in [1.29, 1.82) is 5.26 Å². The molecule has 0 saturated carbocycles. The van der Waals surface area contributed by atoms with E-state index in [1.165, 1.54) is 12.1 Å². The van der Waals surface area contributed by atoms with E-state index in [-0.39, 0.29) is 18.1 Å². The van der Waals surface area contributed by atoms with E-state index in [1.807, 2.05) is 0 Å². The number of hydrogen-bond acceptors (Lipinski definition) is 4. The van der Waals surface area contributed by atoms with Crippen LogP contribution in [0, 0.1) is 23.1 Å². The maximum atomic E-state index is 12.9. The summed E-state index contributed by atoms with van der Waals surface area (Å²) >= 11 is 0. The Morgan fingerprint density at radius 3 is 2.69 bits per heavy atom. The number of halogens is 1. The van der Waals surface area contributed by atoms with Gasteiger partial charge in [-0.15, -0.1) is 0 Å². The van der Waals surface area contributed by atoms with Crippen LogP contribution in [0.25, 0.3) is 0 Å². The van der Waals surface area contributed by atoms with Crippen LogP contribution in [0.5, 0.6) is 0 Å². The molecular formula is C20H21FN4O. The van der Waals surface area contributed by atoms with E-state index in [0.29, 0.717) is 18.0 Å². The van der Waals surface area contributed by atoms with Crippen LogP contribution in [0.4, 0.5) is 10.2 Å². The standard InChI is InChI=1S/C20H21FN4O/c21-18-5-3-15(4-6-18)12-19(26)24-14-16-7-10-25(11-8-16)20-17(13-22)2-1-9-23-20/h1-6,9,16H,7-8,10-12,14H2,(H,24,26). The van der Waals surface area contributed by atoms with Crippen molar-refractivity contribution in [3.05, 3.63) is 59.5 Å². The lowest BCUT2D eigenvalue weighted by molar-refractivity contribution is -0.120. The summed E-state index contributed by atoms with van der Waals surface area (Å²) in [7, 11) is 0. The highest BCUT2D eigenvalue weighted by atomic mass is 19.1. The number of nitrogens with one attached hydrogen (secondary N) is 1. The van der Waals surface area contributed by atoms with Gasteiger partial charge in [0.1, 0.15) is 17.7 Å². The number of carbonyl (C=O) groups is 1. The van der Waals surface area contributed by atoms with Crippen molar-refractivity contribution < 1.29 is 9.18 Å². The van der Waals surface area contributed by atoms with E-state index in [1.54, 1.807) is 30.5 Å². The molecule has 0 aliphatic carbocycles. The topological polar surface area (TPSA) is 69.0 Å². The normalized spacial score (nSPS) is 14.7. The predicted molar refractivity (Wildman–Crippen MR) is 97.0 cm³/mol. The molecule has 1 N–H and O–H groups in total. The number of pyridine rings is 1. The molecule has 0 spiro atoms. The van der Waals surface area contributed by atoms with Crippen LogP contribution in [-0.4, -0.2) is 30.5 Å². The van der Waals surface area contributed by atoms with Gasteiger partial charge < -0.3 is 10.2 Å². The van der Waals surface area contributed by atoms with Gasteiger partial charge in [0.2, 0.25) is 5.91 Å². The fourth-order valence-electron chi connectivity index (χ4n) is 3.19. The molecular weight excluding hydrogens is 331 g/mol. The van der Waals surface area contributed by atoms with Gasteiger partial charge in [-0.25, -0.2) is 9.37 Å². The SMILES string of the molecule is N#Cc1cccnc1N1CCC(CNC(=O)Cc2ccc(F)cc2)CC1. The molecule has 1 amide bonds. The van der Waals surface area contributed by atoms with Crippen molar-refractivity contribution in [2.45, 2.75) is 19.3 Å². The van der Waals surface area contributed by atoms with E-state index in [2.05, 4.69) is 21.3 Å². The van der Waals surface area contributed by atoms with Crippen molar-refractivity contribution in [3.63, 3.8) is 0 Å². The largest absolute Gasteiger partial charge is 0.356 e. The summed E-state index contributed by atoms with van der Waals surface area (Å²) in [5.74, 6) is 0.815. The van der Waals surface area contributed by atoms with Crippen LogP contribution in [0.2, 0.25) is 0 Å². The Bertz CT molecular complexity index is 792. The summed E-state index contributed by atoms with van der Waals surface area (Å²) in [6.45, 7) is 2.29. The first-order chi connectivity index (χ1) is 12.7. The van der Waals surface area contributed by atoms with Crippen molar-refractivity contribution in [2.24, 2.45) is 5.92 Å². The molecule has 26 heavy (non-hydrogen) atoms. The number of nitrogens with zero attached hydrogens (tertiary/aromatic N) is 3. The zero-order chi connectivity index (χ0) is 18.4. The molecule has 0 radical (unpaired) electrons.